The van der Waals surface area contributed by atoms with E-state index in [1.807, 2.05) is 0 Å². The second-order valence-electron chi connectivity index (χ2n) is 4.13. The van der Waals surface area contributed by atoms with Gasteiger partial charge in [-0.05, 0) is 0 Å². The van der Waals surface area contributed by atoms with Crippen molar-refractivity contribution >= 4 is 10.4 Å². The second kappa shape index (κ2) is 17.4. The molecular formula is C12H27CuO4S. The van der Waals surface area contributed by atoms with Crippen LogP contribution in [0, 0.1) is 6.92 Å². The van der Waals surface area contributed by atoms with E-state index in [4.69, 9.17) is 17.5 Å². The van der Waals surface area contributed by atoms with Gasteiger partial charge in [0.05, 0.1) is 0 Å². The quantitative estimate of drug-likeness (QED) is 0.289. The Hall–Kier alpha value is 0.389. The van der Waals surface area contributed by atoms with E-state index >= 15 is 0 Å². The molecule has 18 heavy (non-hydrogen) atoms. The van der Waals surface area contributed by atoms with E-state index in [1.165, 1.54) is 57.8 Å². The normalized spacial score (nSPS) is 10.2. The number of rotatable bonds is 9. The molecular weight excluding hydrogens is 304 g/mol. The average Bonchev–Trinajstić information content (AvgIpc) is 2.20. The molecule has 0 bridgehead atoms. The first kappa shape index (κ1) is 23.5. The van der Waals surface area contributed by atoms with Gasteiger partial charge in [-0.1, -0.05) is 64.7 Å². The van der Waals surface area contributed by atoms with Gasteiger partial charge in [0.2, 0.25) is 0 Å². The minimum Gasteiger partial charge on any atom is -0.343 e. The molecule has 2 N–H and O–H groups in total. The predicted molar refractivity (Wildman–Crippen MR) is 71.4 cm³/mol. The van der Waals surface area contributed by atoms with Gasteiger partial charge in [0.1, 0.15) is 0 Å². The third kappa shape index (κ3) is 44.0. The molecule has 0 atom stereocenters. The average molecular weight is 331 g/mol. The predicted octanol–water partition coefficient (Wildman–Crippen LogP) is 4.09. The molecule has 0 saturated heterocycles. The van der Waals surface area contributed by atoms with Gasteiger partial charge in [0.25, 0.3) is 0 Å². The molecule has 0 spiro atoms. The van der Waals surface area contributed by atoms with Gasteiger partial charge < -0.3 is 6.92 Å². The smallest absolute Gasteiger partial charge is 0.343 e. The minimum atomic E-state index is -4.67. The number of hydrogen-bond acceptors (Lipinski definition) is 2. The molecule has 0 fully saturated rings. The zero-order chi connectivity index (χ0) is 13.6. The maximum atomic E-state index is 8.74. The molecule has 4 nitrogen and oxygen atoms in total. The van der Waals surface area contributed by atoms with Gasteiger partial charge in [-0.2, -0.15) is 14.8 Å². The van der Waals surface area contributed by atoms with E-state index in [0.717, 1.165) is 6.42 Å². The Bertz CT molecular complexity index is 212. The fourth-order valence-electron chi connectivity index (χ4n) is 1.49. The van der Waals surface area contributed by atoms with Crippen molar-refractivity contribution in [2.24, 2.45) is 0 Å². The summed E-state index contributed by atoms with van der Waals surface area (Å²) in [6.07, 6.45) is 13.9. The molecule has 0 heterocycles. The Morgan fingerprint density at radius 3 is 1.39 bits per heavy atom. The summed E-state index contributed by atoms with van der Waals surface area (Å²) in [6, 6.07) is 0. The molecule has 0 saturated carbocycles. The fraction of sp³-hybridized carbons (Fsp3) is 0.917. The Labute approximate surface area is 123 Å². The Morgan fingerprint density at radius 1 is 0.833 bits per heavy atom. The van der Waals surface area contributed by atoms with E-state index in [9.17, 15) is 0 Å². The SMILES string of the molecule is O=S(=O)(O)O.[CH2-]CCCCCCCCCCC.[Cu+]. The number of hydrogen-bond donors (Lipinski definition) is 2. The molecule has 116 valence electrons. The van der Waals surface area contributed by atoms with E-state index in [-0.39, 0.29) is 17.1 Å². The Balaban J connectivity index is -0.000000321. The van der Waals surface area contributed by atoms with E-state index in [0.29, 0.717) is 0 Å². The zero-order valence-electron chi connectivity index (χ0n) is 11.2. The van der Waals surface area contributed by atoms with Crippen LogP contribution in [0.5, 0.6) is 0 Å². The first-order valence-corrected chi connectivity index (χ1v) is 7.80. The van der Waals surface area contributed by atoms with Crippen LogP contribution in [0.15, 0.2) is 0 Å². The van der Waals surface area contributed by atoms with Gasteiger partial charge in [-0.25, -0.2) is 0 Å². The minimum absolute atomic E-state index is 0. The first-order chi connectivity index (χ1) is 7.91. The zero-order valence-corrected chi connectivity index (χ0v) is 13.0. The van der Waals surface area contributed by atoms with Crippen LogP contribution in [-0.4, -0.2) is 17.5 Å². The van der Waals surface area contributed by atoms with Crippen LogP contribution in [-0.2, 0) is 27.5 Å². The van der Waals surface area contributed by atoms with Crippen LogP contribution in [0.4, 0.5) is 0 Å². The third-order valence-corrected chi connectivity index (χ3v) is 2.35. The van der Waals surface area contributed by atoms with Crippen LogP contribution >= 0.6 is 0 Å². The topological polar surface area (TPSA) is 74.6 Å². The van der Waals surface area contributed by atoms with E-state index < -0.39 is 10.4 Å². The number of unbranched alkanes of at least 4 members (excludes halogenated alkanes) is 9. The van der Waals surface area contributed by atoms with Crippen LogP contribution in [0.2, 0.25) is 0 Å². The molecule has 0 aliphatic carbocycles. The van der Waals surface area contributed by atoms with Gasteiger partial charge in [0, 0.05) is 0 Å². The summed E-state index contributed by atoms with van der Waals surface area (Å²) in [6.45, 7) is 6.12. The fourth-order valence-corrected chi connectivity index (χ4v) is 1.49. The molecule has 0 amide bonds. The third-order valence-electron chi connectivity index (χ3n) is 2.35. The van der Waals surface area contributed by atoms with Crippen molar-refractivity contribution in [2.75, 3.05) is 0 Å². The van der Waals surface area contributed by atoms with Gasteiger partial charge in [-0.3, -0.25) is 9.11 Å². The summed E-state index contributed by atoms with van der Waals surface area (Å²) in [5, 5.41) is 0. The van der Waals surface area contributed by atoms with Crippen molar-refractivity contribution in [3.8, 4) is 0 Å². The molecule has 0 aromatic rings. The monoisotopic (exact) mass is 330 g/mol. The molecule has 0 aromatic heterocycles. The van der Waals surface area contributed by atoms with Crippen LogP contribution < -0.4 is 0 Å². The maximum absolute atomic E-state index is 8.74. The van der Waals surface area contributed by atoms with Crippen molar-refractivity contribution in [2.45, 2.75) is 71.1 Å². The van der Waals surface area contributed by atoms with Crippen molar-refractivity contribution in [3.63, 3.8) is 0 Å². The van der Waals surface area contributed by atoms with Crippen molar-refractivity contribution in [1.82, 2.24) is 0 Å². The van der Waals surface area contributed by atoms with Crippen LogP contribution in [0.1, 0.15) is 71.1 Å². The van der Waals surface area contributed by atoms with E-state index in [2.05, 4.69) is 13.8 Å². The Morgan fingerprint density at radius 2 is 1.11 bits per heavy atom. The van der Waals surface area contributed by atoms with Crippen molar-refractivity contribution < 1.29 is 34.6 Å². The van der Waals surface area contributed by atoms with Crippen LogP contribution in [0.3, 0.4) is 0 Å². The standard InChI is InChI=1S/C12H25.Cu.H2O4S/c1-3-5-7-9-11-12-10-8-6-4-2;;1-5(2,3)4/h1,3-12H2,2H3;;(H2,1,2,3,4)/q-1;+1;. The maximum Gasteiger partial charge on any atom is 1.00 e. The summed E-state index contributed by atoms with van der Waals surface area (Å²) in [7, 11) is -4.67. The molecule has 0 radical (unpaired) electrons. The van der Waals surface area contributed by atoms with Gasteiger partial charge in [-0.15, -0.1) is 0 Å². The molecule has 0 unspecified atom stereocenters. The summed E-state index contributed by atoms with van der Waals surface area (Å²) in [4.78, 5) is 0. The molecule has 0 aliphatic heterocycles. The van der Waals surface area contributed by atoms with Crippen molar-refractivity contribution in [1.29, 1.82) is 0 Å². The largest absolute Gasteiger partial charge is 1.00 e. The van der Waals surface area contributed by atoms with Crippen molar-refractivity contribution in [3.05, 3.63) is 6.92 Å². The Kier molecular flexibility index (Phi) is 22.7. The molecule has 0 rings (SSSR count). The summed E-state index contributed by atoms with van der Waals surface area (Å²) in [5.41, 5.74) is 0. The molecule has 0 aromatic carbocycles. The summed E-state index contributed by atoms with van der Waals surface area (Å²) < 4.78 is 31.6. The summed E-state index contributed by atoms with van der Waals surface area (Å²) in [5.74, 6) is 0. The summed E-state index contributed by atoms with van der Waals surface area (Å²) >= 11 is 0. The second-order valence-corrected chi connectivity index (χ2v) is 5.03. The van der Waals surface area contributed by atoms with Gasteiger partial charge in [0.15, 0.2) is 0 Å². The first-order valence-electron chi connectivity index (χ1n) is 6.41. The molecule has 0 aliphatic rings. The van der Waals surface area contributed by atoms with Gasteiger partial charge >= 0.3 is 27.5 Å². The van der Waals surface area contributed by atoms with E-state index in [1.54, 1.807) is 0 Å². The van der Waals surface area contributed by atoms with Crippen LogP contribution in [0.25, 0.3) is 0 Å². The molecule has 6 heteroatoms.